The molecule has 1 N–H and O–H groups in total. The lowest BCUT2D eigenvalue weighted by Gasteiger charge is -2.31. The van der Waals surface area contributed by atoms with Gasteiger partial charge in [-0.05, 0) is 33.8 Å². The molecule has 0 spiro atoms. The number of carbonyl (C=O) groups is 2. The van der Waals surface area contributed by atoms with Crippen molar-refractivity contribution in [3.8, 4) is 0 Å². The number of ether oxygens (including phenoxy) is 1. The summed E-state index contributed by atoms with van der Waals surface area (Å²) in [6.45, 7) is 6.82. The summed E-state index contributed by atoms with van der Waals surface area (Å²) >= 11 is 1.29. The standard InChI is InChI=1S/C23H23F3N4O3S/c1-11(31)16-15-9-12(28-22(32)33-23(2,3)4)10-30(15)20(21-27-7-8-34-21)29-19(16)13-5-6-14(24)18(26)17(13)25/h5-8,12,19H,9-10H2,1-4H3,(H,28,32)/t12-,19-/m0/s1. The summed E-state index contributed by atoms with van der Waals surface area (Å²) < 4.78 is 47.8. The number of carbonyl (C=O) groups excluding carboxylic acids is 2. The molecule has 0 bridgehead atoms. The molecule has 0 radical (unpaired) electrons. The number of nitrogens with one attached hydrogen (secondary N) is 1. The van der Waals surface area contributed by atoms with E-state index in [-0.39, 0.29) is 24.1 Å². The van der Waals surface area contributed by atoms with E-state index in [0.717, 1.165) is 12.1 Å². The molecule has 1 fully saturated rings. The smallest absolute Gasteiger partial charge is 0.407 e. The molecule has 2 aromatic rings. The Hall–Kier alpha value is -3.21. The number of aliphatic imine (C=N–C) groups is 1. The van der Waals surface area contributed by atoms with Crippen molar-refractivity contribution < 1.29 is 27.5 Å². The number of ketones is 1. The molecular formula is C23H23F3N4O3S. The SMILES string of the molecule is CC(=O)C1=C2C[C@H](NC(=O)OC(C)(C)C)CN2C(c2nccs2)=N[C@H]1c1ccc(F)c(F)c1F. The Morgan fingerprint density at radius 1 is 1.21 bits per heavy atom. The van der Waals surface area contributed by atoms with Gasteiger partial charge in [0.2, 0.25) is 0 Å². The van der Waals surface area contributed by atoms with Gasteiger partial charge in [0.25, 0.3) is 0 Å². The minimum absolute atomic E-state index is 0.152. The minimum atomic E-state index is -1.63. The third-order valence-electron chi connectivity index (χ3n) is 5.34. The number of fused-ring (bicyclic) bond motifs is 1. The largest absolute Gasteiger partial charge is 0.444 e. The molecule has 1 aromatic carbocycles. The van der Waals surface area contributed by atoms with Crippen LogP contribution in [0.15, 0.2) is 40.0 Å². The number of Topliss-reactive ketones (excluding diaryl/α,β-unsaturated/α-hetero) is 1. The maximum atomic E-state index is 14.8. The molecule has 0 unspecified atom stereocenters. The molecule has 1 amide bonds. The van der Waals surface area contributed by atoms with Crippen molar-refractivity contribution in [3.05, 3.63) is 63.0 Å². The van der Waals surface area contributed by atoms with Gasteiger partial charge in [0.05, 0.1) is 6.04 Å². The number of halogens is 3. The fourth-order valence-electron chi connectivity index (χ4n) is 4.07. The lowest BCUT2D eigenvalue weighted by molar-refractivity contribution is -0.114. The van der Waals surface area contributed by atoms with Crippen molar-refractivity contribution in [1.82, 2.24) is 15.2 Å². The lowest BCUT2D eigenvalue weighted by Crippen LogP contribution is -2.41. The van der Waals surface area contributed by atoms with Crippen molar-refractivity contribution in [2.45, 2.75) is 51.8 Å². The molecule has 3 heterocycles. The highest BCUT2D eigenvalue weighted by atomic mass is 32.1. The third kappa shape index (κ3) is 4.56. The van der Waals surface area contributed by atoms with Gasteiger partial charge in [-0.1, -0.05) is 6.07 Å². The molecule has 2 atom stereocenters. The first kappa shape index (κ1) is 23.9. The van der Waals surface area contributed by atoms with Gasteiger partial charge in [-0.2, -0.15) is 0 Å². The molecule has 2 aliphatic rings. The van der Waals surface area contributed by atoms with Gasteiger partial charge in [0.15, 0.2) is 34.1 Å². The van der Waals surface area contributed by atoms with Crippen molar-refractivity contribution in [1.29, 1.82) is 0 Å². The van der Waals surface area contributed by atoms with E-state index in [9.17, 15) is 22.8 Å². The van der Waals surface area contributed by atoms with Gasteiger partial charge in [-0.3, -0.25) is 9.79 Å². The van der Waals surface area contributed by atoms with Crippen LogP contribution in [-0.4, -0.2) is 45.8 Å². The Labute approximate surface area is 198 Å². The van der Waals surface area contributed by atoms with E-state index < -0.39 is 47.0 Å². The molecule has 1 saturated heterocycles. The minimum Gasteiger partial charge on any atom is -0.444 e. The summed E-state index contributed by atoms with van der Waals surface area (Å²) in [5.41, 5.74) is -0.280. The highest BCUT2D eigenvalue weighted by Crippen LogP contribution is 2.41. The molecular weight excluding hydrogens is 469 g/mol. The Balaban J connectivity index is 1.79. The van der Waals surface area contributed by atoms with Gasteiger partial charge < -0.3 is 15.0 Å². The highest BCUT2D eigenvalue weighted by Gasteiger charge is 2.42. The normalized spacial score (nSPS) is 20.2. The van der Waals surface area contributed by atoms with Crippen LogP contribution >= 0.6 is 11.3 Å². The second-order valence-electron chi connectivity index (χ2n) is 9.03. The van der Waals surface area contributed by atoms with Gasteiger partial charge in [0, 0.05) is 41.4 Å². The number of nitrogens with zero attached hydrogens (tertiary/aromatic N) is 3. The third-order valence-corrected chi connectivity index (χ3v) is 6.11. The summed E-state index contributed by atoms with van der Waals surface area (Å²) in [5.74, 6) is -4.40. The maximum absolute atomic E-state index is 14.8. The van der Waals surface area contributed by atoms with Crippen molar-refractivity contribution >= 4 is 29.0 Å². The van der Waals surface area contributed by atoms with E-state index >= 15 is 0 Å². The number of amidine groups is 1. The van der Waals surface area contributed by atoms with E-state index in [1.165, 1.54) is 18.3 Å². The molecule has 0 saturated carbocycles. The quantitative estimate of drug-likeness (QED) is 0.636. The van der Waals surface area contributed by atoms with Gasteiger partial charge in [0.1, 0.15) is 11.6 Å². The zero-order valence-corrected chi connectivity index (χ0v) is 19.8. The average Bonchev–Trinajstić information content (AvgIpc) is 3.39. The molecule has 1 aromatic heterocycles. The number of aromatic nitrogens is 1. The molecule has 180 valence electrons. The number of rotatable bonds is 4. The van der Waals surface area contributed by atoms with Crippen LogP contribution in [0.4, 0.5) is 18.0 Å². The highest BCUT2D eigenvalue weighted by molar-refractivity contribution is 7.11. The number of amides is 1. The van der Waals surface area contributed by atoms with Gasteiger partial charge in [-0.25, -0.2) is 22.9 Å². The first-order valence-corrected chi connectivity index (χ1v) is 11.5. The lowest BCUT2D eigenvalue weighted by atomic mass is 9.91. The molecule has 0 aliphatic carbocycles. The number of benzene rings is 1. The Morgan fingerprint density at radius 3 is 2.56 bits per heavy atom. The van der Waals surface area contributed by atoms with Gasteiger partial charge in [-0.15, -0.1) is 11.3 Å². The predicted octanol–water partition coefficient (Wildman–Crippen LogP) is 4.50. The first-order chi connectivity index (χ1) is 16.0. The fourth-order valence-corrected chi connectivity index (χ4v) is 4.71. The van der Waals surface area contributed by atoms with Crippen LogP contribution in [-0.2, 0) is 9.53 Å². The monoisotopic (exact) mass is 492 g/mol. The number of thiazole rings is 1. The molecule has 7 nitrogen and oxygen atoms in total. The Kier molecular flexibility index (Phi) is 6.24. The van der Waals surface area contributed by atoms with Crippen molar-refractivity contribution in [3.63, 3.8) is 0 Å². The van der Waals surface area contributed by atoms with E-state index in [2.05, 4.69) is 15.3 Å². The van der Waals surface area contributed by atoms with E-state index in [1.54, 1.807) is 37.2 Å². The molecule has 11 heteroatoms. The summed E-state index contributed by atoms with van der Waals surface area (Å²) in [7, 11) is 0. The summed E-state index contributed by atoms with van der Waals surface area (Å²) in [5, 5.41) is 5.04. The Bertz CT molecular complexity index is 1200. The van der Waals surface area contributed by atoms with Crippen LogP contribution in [0.5, 0.6) is 0 Å². The Morgan fingerprint density at radius 2 is 1.94 bits per heavy atom. The molecule has 4 rings (SSSR count). The van der Waals surface area contributed by atoms with Crippen molar-refractivity contribution in [2.24, 2.45) is 4.99 Å². The molecule has 2 aliphatic heterocycles. The zero-order valence-electron chi connectivity index (χ0n) is 19.0. The summed E-state index contributed by atoms with van der Waals surface area (Å²) in [6.07, 6.45) is 1.20. The van der Waals surface area contributed by atoms with Crippen LogP contribution in [0.25, 0.3) is 0 Å². The fraction of sp³-hybridized carbons (Fsp3) is 0.391. The van der Waals surface area contributed by atoms with E-state index in [1.807, 2.05) is 0 Å². The predicted molar refractivity (Wildman–Crippen MR) is 120 cm³/mol. The van der Waals surface area contributed by atoms with E-state index in [0.29, 0.717) is 16.5 Å². The topological polar surface area (TPSA) is 83.9 Å². The zero-order chi connectivity index (χ0) is 24.8. The summed E-state index contributed by atoms with van der Waals surface area (Å²) in [6, 6.07) is 0.269. The van der Waals surface area contributed by atoms with Crippen LogP contribution in [0, 0.1) is 17.5 Å². The maximum Gasteiger partial charge on any atom is 0.407 e. The van der Waals surface area contributed by atoms with Crippen LogP contribution in [0.3, 0.4) is 0 Å². The van der Waals surface area contributed by atoms with Crippen LogP contribution < -0.4 is 5.32 Å². The van der Waals surface area contributed by atoms with Crippen LogP contribution in [0.2, 0.25) is 0 Å². The number of hydrogen-bond acceptors (Lipinski definition) is 7. The van der Waals surface area contributed by atoms with Gasteiger partial charge >= 0.3 is 6.09 Å². The first-order valence-electron chi connectivity index (χ1n) is 10.6. The summed E-state index contributed by atoms with van der Waals surface area (Å²) in [4.78, 5) is 35.7. The second kappa shape index (κ2) is 8.86. The average molecular weight is 493 g/mol. The van der Waals surface area contributed by atoms with E-state index in [4.69, 9.17) is 4.74 Å². The molecule has 34 heavy (non-hydrogen) atoms. The van der Waals surface area contributed by atoms with Crippen molar-refractivity contribution in [2.75, 3.05) is 6.54 Å². The van der Waals surface area contributed by atoms with Crippen LogP contribution in [0.1, 0.15) is 50.7 Å². The number of hydrogen-bond donors (Lipinski definition) is 1. The second-order valence-corrected chi connectivity index (χ2v) is 9.93. The number of alkyl carbamates (subject to hydrolysis) is 1.